The van der Waals surface area contributed by atoms with Gasteiger partial charge in [-0.25, -0.2) is 0 Å². The molecule has 2 heteroatoms. The lowest BCUT2D eigenvalue weighted by molar-refractivity contribution is 0.112. The van der Waals surface area contributed by atoms with Crippen LogP contribution in [0, 0.1) is 0 Å². The first-order valence-corrected chi connectivity index (χ1v) is 6.24. The first-order chi connectivity index (χ1) is 8.36. The molecule has 0 spiro atoms. The Labute approximate surface area is 107 Å². The molecule has 0 aliphatic heterocycles. The van der Waals surface area contributed by atoms with E-state index < -0.39 is 0 Å². The number of rotatable bonds is 4. The summed E-state index contributed by atoms with van der Waals surface area (Å²) in [6, 6.07) is 11.9. The first kappa shape index (κ1) is 11.9. The minimum atomic E-state index is 0.735. The molecule has 0 bridgehead atoms. The lowest BCUT2D eigenvalue weighted by Gasteiger charge is -2.05. The van der Waals surface area contributed by atoms with E-state index in [1.807, 2.05) is 36.4 Å². The van der Waals surface area contributed by atoms with Gasteiger partial charge in [-0.1, -0.05) is 48.6 Å². The fourth-order valence-electron chi connectivity index (χ4n) is 1.88. The van der Waals surface area contributed by atoms with E-state index in [0.29, 0.717) is 0 Å². The number of hydrogen-bond donors (Lipinski definition) is 1. The Morgan fingerprint density at radius 2 is 1.94 bits per heavy atom. The van der Waals surface area contributed by atoms with E-state index in [0.717, 1.165) is 40.4 Å². The summed E-state index contributed by atoms with van der Waals surface area (Å²) in [5.41, 5.74) is 1.74. The van der Waals surface area contributed by atoms with Crippen molar-refractivity contribution in [2.75, 3.05) is 5.75 Å². The quantitative estimate of drug-likeness (QED) is 0.634. The molecular formula is C15H14OS. The van der Waals surface area contributed by atoms with Crippen LogP contribution in [-0.4, -0.2) is 12.0 Å². The van der Waals surface area contributed by atoms with Gasteiger partial charge >= 0.3 is 0 Å². The van der Waals surface area contributed by atoms with Gasteiger partial charge in [0.05, 0.1) is 0 Å². The zero-order valence-electron chi connectivity index (χ0n) is 9.47. The lowest BCUT2D eigenvalue weighted by Crippen LogP contribution is -1.88. The van der Waals surface area contributed by atoms with Gasteiger partial charge in [0, 0.05) is 5.56 Å². The molecule has 0 heterocycles. The first-order valence-electron chi connectivity index (χ1n) is 5.61. The number of aldehydes is 1. The van der Waals surface area contributed by atoms with Crippen LogP contribution in [0.2, 0.25) is 0 Å². The van der Waals surface area contributed by atoms with Crippen molar-refractivity contribution in [3.05, 3.63) is 53.6 Å². The molecule has 0 saturated heterocycles. The van der Waals surface area contributed by atoms with Crippen LogP contribution < -0.4 is 0 Å². The van der Waals surface area contributed by atoms with Crippen LogP contribution >= 0.6 is 12.6 Å². The summed E-state index contributed by atoms with van der Waals surface area (Å²) in [5, 5.41) is 2.27. The minimum Gasteiger partial charge on any atom is -0.298 e. The molecule has 0 amide bonds. The third-order valence-corrected chi connectivity index (χ3v) is 2.97. The molecule has 0 N–H and O–H groups in total. The highest BCUT2D eigenvalue weighted by Crippen LogP contribution is 2.23. The van der Waals surface area contributed by atoms with Crippen LogP contribution in [0.5, 0.6) is 0 Å². The number of fused-ring (bicyclic) bond motifs is 1. The summed E-state index contributed by atoms with van der Waals surface area (Å²) in [4.78, 5) is 11.1. The Bertz CT molecular complexity index is 558. The average Bonchev–Trinajstić information content (AvgIpc) is 2.39. The molecule has 0 fully saturated rings. The zero-order chi connectivity index (χ0) is 12.1. The summed E-state index contributed by atoms with van der Waals surface area (Å²) >= 11 is 4.17. The fourth-order valence-corrected chi connectivity index (χ4v) is 2.03. The molecule has 17 heavy (non-hydrogen) atoms. The highest BCUT2D eigenvalue weighted by molar-refractivity contribution is 7.80. The van der Waals surface area contributed by atoms with Gasteiger partial charge in [0.1, 0.15) is 0 Å². The number of thiol groups is 1. The Balaban J connectivity index is 2.58. The molecule has 0 unspecified atom stereocenters. The van der Waals surface area contributed by atoms with Crippen LogP contribution in [0.1, 0.15) is 22.3 Å². The van der Waals surface area contributed by atoms with E-state index in [4.69, 9.17) is 0 Å². The second-order valence-corrected chi connectivity index (χ2v) is 4.27. The Kier molecular flexibility index (Phi) is 3.99. The number of carbonyl (C=O) groups is 1. The van der Waals surface area contributed by atoms with Crippen molar-refractivity contribution in [1.82, 2.24) is 0 Å². The van der Waals surface area contributed by atoms with E-state index in [1.165, 1.54) is 0 Å². The van der Waals surface area contributed by atoms with Gasteiger partial charge in [0.25, 0.3) is 0 Å². The van der Waals surface area contributed by atoms with Gasteiger partial charge < -0.3 is 0 Å². The Hall–Kier alpha value is -1.54. The van der Waals surface area contributed by atoms with Gasteiger partial charge in [-0.2, -0.15) is 12.6 Å². The number of carbonyl (C=O) groups excluding carboxylic acids is 1. The summed E-state index contributed by atoms with van der Waals surface area (Å²) in [6.07, 6.45) is 5.89. The highest BCUT2D eigenvalue weighted by Gasteiger charge is 2.03. The number of allylic oxidation sites excluding steroid dienone is 1. The molecule has 2 aromatic rings. The van der Waals surface area contributed by atoms with Crippen molar-refractivity contribution < 1.29 is 4.79 Å². The topological polar surface area (TPSA) is 17.1 Å². The fraction of sp³-hybridized carbons (Fsp3) is 0.133. The third-order valence-electron chi connectivity index (χ3n) is 2.71. The van der Waals surface area contributed by atoms with Gasteiger partial charge in [0.15, 0.2) is 6.29 Å². The number of hydrogen-bond acceptors (Lipinski definition) is 2. The molecule has 0 aromatic heterocycles. The van der Waals surface area contributed by atoms with Crippen molar-refractivity contribution in [3.63, 3.8) is 0 Å². The standard InChI is InChI=1S/C15H14OS/c16-11-13-9-8-12-5-1-2-6-14(12)15(13)7-3-4-10-17/h1-3,5-9,11,17H,4,10H2. The van der Waals surface area contributed by atoms with E-state index in [9.17, 15) is 4.79 Å². The van der Waals surface area contributed by atoms with E-state index in [-0.39, 0.29) is 0 Å². The maximum absolute atomic E-state index is 11.1. The molecule has 0 atom stereocenters. The van der Waals surface area contributed by atoms with Crippen LogP contribution in [0.15, 0.2) is 42.5 Å². The van der Waals surface area contributed by atoms with Crippen LogP contribution in [-0.2, 0) is 0 Å². The second kappa shape index (κ2) is 5.69. The maximum atomic E-state index is 11.1. The largest absolute Gasteiger partial charge is 0.298 e. The summed E-state index contributed by atoms with van der Waals surface area (Å²) < 4.78 is 0. The smallest absolute Gasteiger partial charge is 0.150 e. The predicted molar refractivity (Wildman–Crippen MR) is 76.8 cm³/mol. The molecule has 86 valence electrons. The second-order valence-electron chi connectivity index (χ2n) is 3.82. The third kappa shape index (κ3) is 2.59. The average molecular weight is 242 g/mol. The van der Waals surface area contributed by atoms with Crippen molar-refractivity contribution in [2.24, 2.45) is 0 Å². The van der Waals surface area contributed by atoms with Gasteiger partial charge in [0.2, 0.25) is 0 Å². The molecule has 0 radical (unpaired) electrons. The van der Waals surface area contributed by atoms with Crippen LogP contribution in [0.3, 0.4) is 0 Å². The molecule has 0 aliphatic rings. The predicted octanol–water partition coefficient (Wildman–Crippen LogP) is 3.99. The van der Waals surface area contributed by atoms with E-state index in [2.05, 4.69) is 24.8 Å². The van der Waals surface area contributed by atoms with Gasteiger partial charge in [-0.05, 0) is 28.5 Å². The molecule has 2 aromatic carbocycles. The van der Waals surface area contributed by atoms with E-state index >= 15 is 0 Å². The summed E-state index contributed by atoms with van der Waals surface area (Å²) in [5.74, 6) is 0.817. The normalized spacial score (nSPS) is 11.1. The van der Waals surface area contributed by atoms with Gasteiger partial charge in [-0.15, -0.1) is 0 Å². The monoisotopic (exact) mass is 242 g/mol. The number of benzene rings is 2. The van der Waals surface area contributed by atoms with Crippen LogP contribution in [0.25, 0.3) is 16.8 Å². The lowest BCUT2D eigenvalue weighted by atomic mass is 9.99. The summed E-state index contributed by atoms with van der Waals surface area (Å²) in [7, 11) is 0. The van der Waals surface area contributed by atoms with Crippen LogP contribution in [0.4, 0.5) is 0 Å². The zero-order valence-corrected chi connectivity index (χ0v) is 10.4. The molecular weight excluding hydrogens is 228 g/mol. The van der Waals surface area contributed by atoms with E-state index in [1.54, 1.807) is 0 Å². The minimum absolute atomic E-state index is 0.735. The molecule has 1 nitrogen and oxygen atoms in total. The molecule has 0 saturated carbocycles. The Morgan fingerprint density at radius 1 is 1.12 bits per heavy atom. The summed E-state index contributed by atoms with van der Waals surface area (Å²) in [6.45, 7) is 0. The van der Waals surface area contributed by atoms with Crippen molar-refractivity contribution in [1.29, 1.82) is 0 Å². The molecule has 0 aliphatic carbocycles. The SMILES string of the molecule is O=Cc1ccc2ccccc2c1C=CCCS. The van der Waals surface area contributed by atoms with Crippen molar-refractivity contribution in [2.45, 2.75) is 6.42 Å². The Morgan fingerprint density at radius 3 is 2.71 bits per heavy atom. The van der Waals surface area contributed by atoms with Crippen molar-refractivity contribution in [3.8, 4) is 0 Å². The molecule has 2 rings (SSSR count). The highest BCUT2D eigenvalue weighted by atomic mass is 32.1. The maximum Gasteiger partial charge on any atom is 0.150 e. The van der Waals surface area contributed by atoms with Gasteiger partial charge in [-0.3, -0.25) is 4.79 Å². The van der Waals surface area contributed by atoms with Crippen molar-refractivity contribution >= 4 is 35.8 Å².